The minimum atomic E-state index is -0.409. The van der Waals surface area contributed by atoms with E-state index in [2.05, 4.69) is 17.1 Å². The molecule has 144 valence electrons. The fourth-order valence-electron chi connectivity index (χ4n) is 3.40. The van der Waals surface area contributed by atoms with E-state index in [1.54, 1.807) is 11.0 Å². The third kappa shape index (κ3) is 3.64. The standard InChI is InChI=1S/C21H19ClFN3O2/c1-2-13-3-5-14(6-4-13)20-24-21(28-25-20)18-9-10-19(27)26(18)12-15-7-8-16(23)11-17(15)22/h3-8,11,18H,2,9-10,12H2,1H3. The number of aryl methyl sites for hydroxylation is 1. The number of hydrogen-bond donors (Lipinski definition) is 0. The second-order valence-electron chi connectivity index (χ2n) is 6.82. The van der Waals surface area contributed by atoms with Gasteiger partial charge in [-0.2, -0.15) is 4.98 Å². The molecule has 1 fully saturated rings. The number of nitrogens with zero attached hydrogens (tertiary/aromatic N) is 3. The molecule has 2 heterocycles. The van der Waals surface area contributed by atoms with Gasteiger partial charge in [0, 0.05) is 23.6 Å². The van der Waals surface area contributed by atoms with Crippen LogP contribution in [0.5, 0.6) is 0 Å². The van der Waals surface area contributed by atoms with Crippen LogP contribution in [0.4, 0.5) is 4.39 Å². The highest BCUT2D eigenvalue weighted by molar-refractivity contribution is 6.31. The van der Waals surface area contributed by atoms with Gasteiger partial charge in [-0.05, 0) is 36.1 Å². The van der Waals surface area contributed by atoms with Crippen molar-refractivity contribution in [1.29, 1.82) is 0 Å². The number of halogens is 2. The number of carbonyl (C=O) groups is 1. The molecule has 1 amide bonds. The molecule has 28 heavy (non-hydrogen) atoms. The van der Waals surface area contributed by atoms with E-state index in [-0.39, 0.29) is 18.5 Å². The molecule has 0 aliphatic carbocycles. The molecule has 1 saturated heterocycles. The van der Waals surface area contributed by atoms with Gasteiger partial charge in [0.2, 0.25) is 17.6 Å². The van der Waals surface area contributed by atoms with Gasteiger partial charge in [-0.1, -0.05) is 54.0 Å². The summed E-state index contributed by atoms with van der Waals surface area (Å²) >= 11 is 6.13. The lowest BCUT2D eigenvalue weighted by molar-refractivity contribution is -0.129. The lowest BCUT2D eigenvalue weighted by Crippen LogP contribution is -2.27. The Labute approximate surface area is 167 Å². The molecule has 7 heteroatoms. The molecule has 2 aromatic carbocycles. The van der Waals surface area contributed by atoms with E-state index in [9.17, 15) is 9.18 Å². The summed E-state index contributed by atoms with van der Waals surface area (Å²) in [6, 6.07) is 11.9. The first-order valence-electron chi connectivity index (χ1n) is 9.21. The number of amides is 1. The maximum atomic E-state index is 13.3. The van der Waals surface area contributed by atoms with Crippen LogP contribution >= 0.6 is 11.6 Å². The molecule has 1 unspecified atom stereocenters. The minimum Gasteiger partial charge on any atom is -0.337 e. The van der Waals surface area contributed by atoms with Crippen LogP contribution in [0.2, 0.25) is 5.02 Å². The Morgan fingerprint density at radius 3 is 2.75 bits per heavy atom. The molecular weight excluding hydrogens is 381 g/mol. The summed E-state index contributed by atoms with van der Waals surface area (Å²) in [5, 5.41) is 4.37. The maximum Gasteiger partial charge on any atom is 0.249 e. The zero-order valence-corrected chi connectivity index (χ0v) is 16.1. The zero-order valence-electron chi connectivity index (χ0n) is 15.4. The average Bonchev–Trinajstić information content (AvgIpc) is 3.31. The van der Waals surface area contributed by atoms with Crippen molar-refractivity contribution in [3.63, 3.8) is 0 Å². The second-order valence-corrected chi connectivity index (χ2v) is 7.23. The van der Waals surface area contributed by atoms with E-state index in [0.717, 1.165) is 12.0 Å². The summed E-state index contributed by atoms with van der Waals surface area (Å²) in [6.45, 7) is 2.37. The van der Waals surface area contributed by atoms with Gasteiger partial charge in [-0.25, -0.2) is 4.39 Å². The van der Waals surface area contributed by atoms with E-state index in [1.165, 1.54) is 17.7 Å². The van der Waals surface area contributed by atoms with Crippen molar-refractivity contribution in [1.82, 2.24) is 15.0 Å². The Balaban J connectivity index is 1.57. The molecular formula is C21H19ClFN3O2. The van der Waals surface area contributed by atoms with Gasteiger partial charge in [-0.15, -0.1) is 0 Å². The smallest absolute Gasteiger partial charge is 0.249 e. The first kappa shape index (κ1) is 18.6. The zero-order chi connectivity index (χ0) is 19.7. The Hall–Kier alpha value is -2.73. The fraction of sp³-hybridized carbons (Fsp3) is 0.286. The SMILES string of the molecule is CCc1ccc(-c2noc(C3CCC(=O)N3Cc3ccc(F)cc3Cl)n2)cc1. The maximum absolute atomic E-state index is 13.3. The van der Waals surface area contributed by atoms with Crippen molar-refractivity contribution < 1.29 is 13.7 Å². The van der Waals surface area contributed by atoms with Crippen LogP contribution in [0.15, 0.2) is 47.0 Å². The van der Waals surface area contributed by atoms with Crippen LogP contribution in [0, 0.1) is 5.82 Å². The molecule has 0 radical (unpaired) electrons. The van der Waals surface area contributed by atoms with Crippen LogP contribution in [-0.2, 0) is 17.8 Å². The molecule has 0 spiro atoms. The van der Waals surface area contributed by atoms with Gasteiger partial charge in [-0.3, -0.25) is 4.79 Å². The van der Waals surface area contributed by atoms with Gasteiger partial charge in [0.15, 0.2) is 0 Å². The number of carbonyl (C=O) groups excluding carboxylic acids is 1. The lowest BCUT2D eigenvalue weighted by Gasteiger charge is -2.22. The summed E-state index contributed by atoms with van der Waals surface area (Å²) in [5.41, 5.74) is 2.78. The first-order valence-corrected chi connectivity index (χ1v) is 9.59. The summed E-state index contributed by atoms with van der Waals surface area (Å²) in [5.74, 6) is 0.474. The Kier molecular flexibility index (Phi) is 5.13. The minimum absolute atomic E-state index is 0.0163. The number of aromatic nitrogens is 2. The van der Waals surface area contributed by atoms with Gasteiger partial charge < -0.3 is 9.42 Å². The van der Waals surface area contributed by atoms with E-state index in [1.807, 2.05) is 24.3 Å². The van der Waals surface area contributed by atoms with Crippen LogP contribution in [0.3, 0.4) is 0 Å². The highest BCUT2D eigenvalue weighted by atomic mass is 35.5. The molecule has 1 atom stereocenters. The fourth-order valence-corrected chi connectivity index (χ4v) is 3.63. The molecule has 0 N–H and O–H groups in total. The van der Waals surface area contributed by atoms with Gasteiger partial charge in [0.05, 0.1) is 0 Å². The highest BCUT2D eigenvalue weighted by Gasteiger charge is 2.36. The van der Waals surface area contributed by atoms with E-state index >= 15 is 0 Å². The number of likely N-dealkylation sites (tertiary alicyclic amines) is 1. The van der Waals surface area contributed by atoms with E-state index < -0.39 is 5.82 Å². The summed E-state index contributed by atoms with van der Waals surface area (Å²) in [4.78, 5) is 18.6. The van der Waals surface area contributed by atoms with E-state index in [0.29, 0.717) is 35.1 Å². The van der Waals surface area contributed by atoms with Crippen LogP contribution in [-0.4, -0.2) is 20.9 Å². The van der Waals surface area contributed by atoms with Crippen molar-refractivity contribution in [2.24, 2.45) is 0 Å². The molecule has 0 saturated carbocycles. The van der Waals surface area contributed by atoms with Crippen molar-refractivity contribution >= 4 is 17.5 Å². The molecule has 1 aromatic heterocycles. The first-order chi connectivity index (χ1) is 13.5. The number of benzene rings is 2. The van der Waals surface area contributed by atoms with Crippen molar-refractivity contribution in [3.05, 3.63) is 70.3 Å². The normalized spacial score (nSPS) is 16.8. The topological polar surface area (TPSA) is 59.2 Å². The molecule has 1 aliphatic rings. The quantitative estimate of drug-likeness (QED) is 0.608. The molecule has 1 aliphatic heterocycles. The lowest BCUT2D eigenvalue weighted by atomic mass is 10.1. The van der Waals surface area contributed by atoms with E-state index in [4.69, 9.17) is 16.1 Å². The van der Waals surface area contributed by atoms with Crippen LogP contribution < -0.4 is 0 Å². The van der Waals surface area contributed by atoms with Crippen molar-refractivity contribution in [2.45, 2.75) is 38.8 Å². The van der Waals surface area contributed by atoms with Gasteiger partial charge >= 0.3 is 0 Å². The number of hydrogen-bond acceptors (Lipinski definition) is 4. The molecule has 3 aromatic rings. The third-order valence-corrected chi connectivity index (χ3v) is 5.38. The van der Waals surface area contributed by atoms with Crippen molar-refractivity contribution in [2.75, 3.05) is 0 Å². The van der Waals surface area contributed by atoms with Gasteiger partial charge in [0.1, 0.15) is 11.9 Å². The van der Waals surface area contributed by atoms with Gasteiger partial charge in [0.25, 0.3) is 0 Å². The largest absolute Gasteiger partial charge is 0.337 e. The van der Waals surface area contributed by atoms with Crippen LogP contribution in [0.1, 0.15) is 42.8 Å². The molecule has 5 nitrogen and oxygen atoms in total. The number of rotatable bonds is 5. The summed E-state index contributed by atoms with van der Waals surface area (Å²) in [7, 11) is 0. The molecule has 4 rings (SSSR count). The summed E-state index contributed by atoms with van der Waals surface area (Å²) < 4.78 is 18.8. The summed E-state index contributed by atoms with van der Waals surface area (Å²) in [6.07, 6.45) is 1.95. The predicted molar refractivity (Wildman–Crippen MR) is 103 cm³/mol. The predicted octanol–water partition coefficient (Wildman–Crippen LogP) is 4.96. The molecule has 0 bridgehead atoms. The third-order valence-electron chi connectivity index (χ3n) is 5.03. The second kappa shape index (κ2) is 7.72. The Bertz CT molecular complexity index is 1000. The Morgan fingerprint density at radius 2 is 2.04 bits per heavy atom. The Morgan fingerprint density at radius 1 is 1.25 bits per heavy atom. The highest BCUT2D eigenvalue weighted by Crippen LogP contribution is 2.35. The monoisotopic (exact) mass is 399 g/mol. The van der Waals surface area contributed by atoms with Crippen molar-refractivity contribution in [3.8, 4) is 11.4 Å². The average molecular weight is 400 g/mol. The van der Waals surface area contributed by atoms with Crippen LogP contribution in [0.25, 0.3) is 11.4 Å².